The van der Waals surface area contributed by atoms with Crippen LogP contribution in [0.5, 0.6) is 0 Å². The lowest BCUT2D eigenvalue weighted by Gasteiger charge is -2.37. The first-order valence-electron chi connectivity index (χ1n) is 6.26. The van der Waals surface area contributed by atoms with Crippen molar-refractivity contribution in [2.45, 2.75) is 25.8 Å². The smallest absolute Gasteiger partial charge is 0.228 e. The molecule has 0 bridgehead atoms. The first kappa shape index (κ1) is 11.9. The molecule has 4 heteroatoms. The summed E-state index contributed by atoms with van der Waals surface area (Å²) in [5.41, 5.74) is 0. The second kappa shape index (κ2) is 5.15. The molecule has 3 atom stereocenters. The first-order chi connectivity index (χ1) is 7.72. The molecule has 16 heavy (non-hydrogen) atoms. The predicted molar refractivity (Wildman–Crippen MR) is 62.1 cm³/mol. The van der Waals surface area contributed by atoms with Crippen LogP contribution in [0.15, 0.2) is 0 Å². The number of rotatable bonds is 2. The molecule has 0 saturated carbocycles. The average Bonchev–Trinajstić information content (AvgIpc) is 2.81. The molecule has 0 spiro atoms. The largest absolute Gasteiger partial charge is 0.381 e. The van der Waals surface area contributed by atoms with E-state index in [1.165, 1.54) is 0 Å². The van der Waals surface area contributed by atoms with Gasteiger partial charge in [0.25, 0.3) is 0 Å². The van der Waals surface area contributed by atoms with Crippen molar-refractivity contribution in [2.75, 3.05) is 33.4 Å². The summed E-state index contributed by atoms with van der Waals surface area (Å²) in [5, 5.41) is 3.32. The molecule has 4 nitrogen and oxygen atoms in total. The van der Waals surface area contributed by atoms with Gasteiger partial charge in [-0.1, -0.05) is 6.92 Å². The highest BCUT2D eigenvalue weighted by Gasteiger charge is 2.32. The van der Waals surface area contributed by atoms with Crippen LogP contribution in [0.4, 0.5) is 0 Å². The van der Waals surface area contributed by atoms with Crippen molar-refractivity contribution in [2.24, 2.45) is 11.8 Å². The molecule has 0 radical (unpaired) electrons. The van der Waals surface area contributed by atoms with E-state index < -0.39 is 0 Å². The summed E-state index contributed by atoms with van der Waals surface area (Å²) in [4.78, 5) is 14.2. The second-order valence-corrected chi connectivity index (χ2v) is 5.01. The maximum Gasteiger partial charge on any atom is 0.228 e. The minimum Gasteiger partial charge on any atom is -0.381 e. The molecule has 0 aromatic carbocycles. The van der Waals surface area contributed by atoms with Crippen molar-refractivity contribution < 1.29 is 9.53 Å². The number of hydrogen-bond donors (Lipinski definition) is 1. The molecule has 2 rings (SSSR count). The molecule has 1 amide bonds. The zero-order valence-corrected chi connectivity index (χ0v) is 10.2. The molecular formula is C12H22N2O2. The second-order valence-electron chi connectivity index (χ2n) is 5.01. The van der Waals surface area contributed by atoms with Gasteiger partial charge in [0.1, 0.15) is 0 Å². The Morgan fingerprint density at radius 1 is 1.44 bits per heavy atom. The molecule has 2 fully saturated rings. The van der Waals surface area contributed by atoms with E-state index in [0.717, 1.165) is 32.5 Å². The Labute approximate surface area is 97.3 Å². The van der Waals surface area contributed by atoms with Crippen molar-refractivity contribution in [3.63, 3.8) is 0 Å². The highest BCUT2D eigenvalue weighted by molar-refractivity contribution is 5.79. The predicted octanol–water partition coefficient (Wildman–Crippen LogP) is 0.479. The van der Waals surface area contributed by atoms with E-state index in [1.54, 1.807) is 0 Å². The van der Waals surface area contributed by atoms with Gasteiger partial charge in [0.15, 0.2) is 0 Å². The number of nitrogens with zero attached hydrogens (tertiary/aromatic N) is 1. The van der Waals surface area contributed by atoms with Crippen LogP contribution < -0.4 is 5.32 Å². The molecule has 0 aliphatic carbocycles. The number of amides is 1. The number of piperidine rings is 1. The molecule has 0 aromatic heterocycles. The molecule has 2 aliphatic rings. The lowest BCUT2D eigenvalue weighted by Crippen LogP contribution is -2.50. The van der Waals surface area contributed by atoms with Crippen LogP contribution in [-0.4, -0.2) is 50.2 Å². The van der Waals surface area contributed by atoms with Gasteiger partial charge < -0.3 is 15.0 Å². The Morgan fingerprint density at radius 2 is 2.25 bits per heavy atom. The summed E-state index contributed by atoms with van der Waals surface area (Å²) in [6.07, 6.45) is 1.97. The molecule has 2 saturated heterocycles. The topological polar surface area (TPSA) is 41.6 Å². The Kier molecular flexibility index (Phi) is 3.82. The number of hydrogen-bond acceptors (Lipinski definition) is 3. The zero-order chi connectivity index (χ0) is 11.5. The number of likely N-dealkylation sites (tertiary alicyclic amines) is 1. The van der Waals surface area contributed by atoms with E-state index in [4.69, 9.17) is 4.74 Å². The number of ether oxygens (including phenoxy) is 1. The Bertz CT molecular complexity index is 251. The van der Waals surface area contributed by atoms with Gasteiger partial charge in [-0.2, -0.15) is 0 Å². The van der Waals surface area contributed by atoms with E-state index in [2.05, 4.69) is 12.2 Å². The zero-order valence-electron chi connectivity index (χ0n) is 10.2. The molecule has 3 unspecified atom stereocenters. The van der Waals surface area contributed by atoms with Crippen molar-refractivity contribution in [1.29, 1.82) is 0 Å². The monoisotopic (exact) mass is 226 g/mol. The average molecular weight is 226 g/mol. The number of carbonyl (C=O) groups excluding carboxylic acids is 1. The minimum absolute atomic E-state index is 0.123. The summed E-state index contributed by atoms with van der Waals surface area (Å²) in [6.45, 7) is 5.37. The van der Waals surface area contributed by atoms with Crippen LogP contribution in [0.2, 0.25) is 0 Å². The quantitative estimate of drug-likeness (QED) is 0.744. The van der Waals surface area contributed by atoms with Crippen LogP contribution in [0.25, 0.3) is 0 Å². The van der Waals surface area contributed by atoms with Gasteiger partial charge in [-0.15, -0.1) is 0 Å². The molecule has 2 aliphatic heterocycles. The van der Waals surface area contributed by atoms with E-state index in [1.807, 2.05) is 11.9 Å². The fourth-order valence-corrected chi connectivity index (χ4v) is 2.76. The van der Waals surface area contributed by atoms with Crippen LogP contribution in [0.3, 0.4) is 0 Å². The van der Waals surface area contributed by atoms with Crippen LogP contribution >= 0.6 is 0 Å². The van der Waals surface area contributed by atoms with Crippen molar-refractivity contribution in [1.82, 2.24) is 10.2 Å². The van der Waals surface area contributed by atoms with Gasteiger partial charge in [-0.3, -0.25) is 4.79 Å². The Hall–Kier alpha value is -0.610. The normalized spacial score (nSPS) is 35.4. The third-order valence-corrected chi connectivity index (χ3v) is 3.87. The Morgan fingerprint density at radius 3 is 2.81 bits per heavy atom. The van der Waals surface area contributed by atoms with Gasteiger partial charge >= 0.3 is 0 Å². The highest BCUT2D eigenvalue weighted by atomic mass is 16.5. The van der Waals surface area contributed by atoms with E-state index in [-0.39, 0.29) is 5.92 Å². The van der Waals surface area contributed by atoms with Crippen molar-refractivity contribution in [3.8, 4) is 0 Å². The third-order valence-electron chi connectivity index (χ3n) is 3.87. The fraction of sp³-hybridized carbons (Fsp3) is 0.917. The lowest BCUT2D eigenvalue weighted by molar-refractivity contribution is -0.137. The molecule has 0 aromatic rings. The SMILES string of the molecule is CNC1CCN(C(=O)C2CCOC2)CC1C. The summed E-state index contributed by atoms with van der Waals surface area (Å²) in [5.74, 6) is 0.974. The maximum atomic E-state index is 12.2. The molecular weight excluding hydrogens is 204 g/mol. The Balaban J connectivity index is 1.88. The third kappa shape index (κ3) is 2.38. The van der Waals surface area contributed by atoms with Crippen LogP contribution in [-0.2, 0) is 9.53 Å². The maximum absolute atomic E-state index is 12.2. The van der Waals surface area contributed by atoms with Crippen molar-refractivity contribution in [3.05, 3.63) is 0 Å². The van der Waals surface area contributed by atoms with Gasteiger partial charge in [0.2, 0.25) is 5.91 Å². The van der Waals surface area contributed by atoms with E-state index in [9.17, 15) is 4.79 Å². The molecule has 1 N–H and O–H groups in total. The van der Waals surface area contributed by atoms with Gasteiger partial charge in [-0.25, -0.2) is 0 Å². The standard InChI is InChI=1S/C12H22N2O2/c1-9-7-14(5-3-11(9)13-2)12(15)10-4-6-16-8-10/h9-11,13H,3-8H2,1-2H3. The summed E-state index contributed by atoms with van der Waals surface area (Å²) in [7, 11) is 2.00. The van der Waals surface area contributed by atoms with E-state index >= 15 is 0 Å². The van der Waals surface area contributed by atoms with Crippen molar-refractivity contribution >= 4 is 5.91 Å². The minimum atomic E-state index is 0.123. The highest BCUT2D eigenvalue weighted by Crippen LogP contribution is 2.21. The lowest BCUT2D eigenvalue weighted by atomic mass is 9.93. The summed E-state index contributed by atoms with van der Waals surface area (Å²) < 4.78 is 5.28. The van der Waals surface area contributed by atoms with Gasteiger partial charge in [0, 0.05) is 25.7 Å². The van der Waals surface area contributed by atoms with E-state index in [0.29, 0.717) is 24.5 Å². The van der Waals surface area contributed by atoms with Gasteiger partial charge in [-0.05, 0) is 25.8 Å². The van der Waals surface area contributed by atoms with Crippen LogP contribution in [0, 0.1) is 11.8 Å². The molecule has 2 heterocycles. The summed E-state index contributed by atoms with van der Waals surface area (Å²) in [6, 6.07) is 0.559. The first-order valence-corrected chi connectivity index (χ1v) is 6.26. The van der Waals surface area contributed by atoms with Crippen LogP contribution in [0.1, 0.15) is 19.8 Å². The summed E-state index contributed by atoms with van der Waals surface area (Å²) >= 11 is 0. The molecule has 92 valence electrons. The fourth-order valence-electron chi connectivity index (χ4n) is 2.76. The number of carbonyl (C=O) groups is 1. The number of nitrogens with one attached hydrogen (secondary N) is 1. The van der Waals surface area contributed by atoms with Gasteiger partial charge in [0.05, 0.1) is 12.5 Å².